The summed E-state index contributed by atoms with van der Waals surface area (Å²) in [6.45, 7) is 8.50. The minimum Gasteiger partial charge on any atom is -0.361 e. The second-order valence-corrected chi connectivity index (χ2v) is 6.98. The number of nitrogens with one attached hydrogen (secondary N) is 1. The molecule has 1 aromatic carbocycles. The summed E-state index contributed by atoms with van der Waals surface area (Å²) in [4.78, 5) is 12.1. The molecule has 0 spiro atoms. The lowest BCUT2D eigenvalue weighted by molar-refractivity contribution is -0.117. The van der Waals surface area contributed by atoms with Crippen molar-refractivity contribution in [2.24, 2.45) is 11.3 Å². The number of anilines is 1. The smallest absolute Gasteiger partial charge is 0.160 e. The molecule has 1 N–H and O–H groups in total. The predicted molar refractivity (Wildman–Crippen MR) is 89.3 cm³/mol. The van der Waals surface area contributed by atoms with Crippen molar-refractivity contribution in [3.63, 3.8) is 0 Å². The number of rotatable bonds is 4. The summed E-state index contributed by atoms with van der Waals surface area (Å²) in [5.41, 5.74) is 2.53. The van der Waals surface area contributed by atoms with E-state index in [-0.39, 0.29) is 17.0 Å². The zero-order valence-electron chi connectivity index (χ0n) is 14.0. The Hall–Kier alpha value is -1.64. The normalized spacial score (nSPS) is 21.2. The molecule has 0 aromatic heterocycles. The molecule has 2 nitrogen and oxygen atoms in total. The molecule has 1 fully saturated rings. The summed E-state index contributed by atoms with van der Waals surface area (Å²) in [5, 5.41) is 3.15. The van der Waals surface area contributed by atoms with Gasteiger partial charge < -0.3 is 5.32 Å². The van der Waals surface area contributed by atoms with Gasteiger partial charge in [0.05, 0.1) is 0 Å². The van der Waals surface area contributed by atoms with E-state index in [1.165, 1.54) is 6.07 Å². The molecule has 1 atom stereocenters. The number of aryl methyl sites for hydroxylation is 1. The standard InChI is InChI=1S/C19H26FNO/c1-5-19(3,4)15-6-9-18(22)14(11-15)12-21-16-7-8-17(20)13(2)10-16/h7-8,10,12,15,21H,5-6,9,11H2,1-4H3/b14-12+/t15-/m1/s1. The average Bonchev–Trinajstić information content (AvgIpc) is 2.49. The van der Waals surface area contributed by atoms with E-state index in [0.717, 1.165) is 30.5 Å². The largest absolute Gasteiger partial charge is 0.361 e. The van der Waals surface area contributed by atoms with Gasteiger partial charge in [-0.1, -0.05) is 27.2 Å². The maximum Gasteiger partial charge on any atom is 0.160 e. The van der Waals surface area contributed by atoms with E-state index in [1.54, 1.807) is 19.1 Å². The molecule has 0 heterocycles. The Morgan fingerprint density at radius 3 is 2.77 bits per heavy atom. The van der Waals surface area contributed by atoms with E-state index in [2.05, 4.69) is 26.1 Å². The summed E-state index contributed by atoms with van der Waals surface area (Å²) in [6.07, 6.45) is 5.36. The highest BCUT2D eigenvalue weighted by molar-refractivity contribution is 5.96. The van der Waals surface area contributed by atoms with Gasteiger partial charge in [-0.05, 0) is 54.9 Å². The number of hydrogen-bond donors (Lipinski definition) is 1. The molecule has 0 amide bonds. The molecule has 22 heavy (non-hydrogen) atoms. The van der Waals surface area contributed by atoms with Crippen LogP contribution in [0.15, 0.2) is 30.0 Å². The average molecular weight is 303 g/mol. The number of halogens is 1. The molecule has 1 aliphatic rings. The zero-order chi connectivity index (χ0) is 16.3. The molecule has 1 aliphatic carbocycles. The minimum absolute atomic E-state index is 0.211. The van der Waals surface area contributed by atoms with Gasteiger partial charge in [-0.15, -0.1) is 0 Å². The molecule has 0 aliphatic heterocycles. The predicted octanol–water partition coefficient (Wildman–Crippen LogP) is 5.24. The fraction of sp³-hybridized carbons (Fsp3) is 0.526. The number of benzene rings is 1. The Bertz CT molecular complexity index is 589. The van der Waals surface area contributed by atoms with Gasteiger partial charge in [-0.3, -0.25) is 4.79 Å². The summed E-state index contributed by atoms with van der Waals surface area (Å²) in [7, 11) is 0. The number of hydrogen-bond acceptors (Lipinski definition) is 2. The van der Waals surface area contributed by atoms with Gasteiger partial charge in [0.25, 0.3) is 0 Å². The Morgan fingerprint density at radius 2 is 2.14 bits per heavy atom. The van der Waals surface area contributed by atoms with Crippen LogP contribution in [0.1, 0.15) is 52.0 Å². The maximum atomic E-state index is 13.3. The molecular weight excluding hydrogens is 277 g/mol. The van der Waals surface area contributed by atoms with Crippen molar-refractivity contribution in [1.29, 1.82) is 0 Å². The fourth-order valence-corrected chi connectivity index (χ4v) is 2.95. The molecular formula is C19H26FNO. The SMILES string of the molecule is CCC(C)(C)[C@@H]1CCC(=O)/C(=C/Nc2ccc(F)c(C)c2)C1. The van der Waals surface area contributed by atoms with Gasteiger partial charge in [-0.2, -0.15) is 0 Å². The van der Waals surface area contributed by atoms with Crippen molar-refractivity contribution >= 4 is 11.5 Å². The van der Waals surface area contributed by atoms with Gasteiger partial charge in [-0.25, -0.2) is 4.39 Å². The number of carbonyl (C=O) groups is 1. The molecule has 3 heteroatoms. The van der Waals surface area contributed by atoms with Crippen molar-refractivity contribution in [3.05, 3.63) is 41.4 Å². The van der Waals surface area contributed by atoms with Crippen LogP contribution in [0.5, 0.6) is 0 Å². The van der Waals surface area contributed by atoms with Crippen LogP contribution in [0.4, 0.5) is 10.1 Å². The lowest BCUT2D eigenvalue weighted by Gasteiger charge is -2.36. The van der Waals surface area contributed by atoms with Crippen molar-refractivity contribution in [1.82, 2.24) is 0 Å². The summed E-state index contributed by atoms with van der Waals surface area (Å²) < 4.78 is 13.3. The van der Waals surface area contributed by atoms with E-state index < -0.39 is 0 Å². The minimum atomic E-state index is -0.211. The first-order valence-corrected chi connectivity index (χ1v) is 8.08. The van der Waals surface area contributed by atoms with Gasteiger partial charge >= 0.3 is 0 Å². The van der Waals surface area contributed by atoms with Crippen LogP contribution in [-0.2, 0) is 4.79 Å². The molecule has 120 valence electrons. The highest BCUT2D eigenvalue weighted by atomic mass is 19.1. The second-order valence-electron chi connectivity index (χ2n) is 6.98. The first-order valence-electron chi connectivity index (χ1n) is 8.08. The third-order valence-electron chi connectivity index (χ3n) is 5.13. The maximum absolute atomic E-state index is 13.3. The molecule has 0 bridgehead atoms. The molecule has 0 radical (unpaired) electrons. The topological polar surface area (TPSA) is 29.1 Å². The van der Waals surface area contributed by atoms with Gasteiger partial charge in [0, 0.05) is 23.9 Å². The Labute approximate surface area is 132 Å². The Balaban J connectivity index is 2.11. The van der Waals surface area contributed by atoms with Crippen LogP contribution in [0, 0.1) is 24.1 Å². The number of allylic oxidation sites excluding steroid dienone is 1. The summed E-state index contributed by atoms with van der Waals surface area (Å²) in [5.74, 6) is 0.560. The molecule has 0 unspecified atom stereocenters. The van der Waals surface area contributed by atoms with E-state index >= 15 is 0 Å². The van der Waals surface area contributed by atoms with Crippen LogP contribution in [-0.4, -0.2) is 5.78 Å². The number of Topliss-reactive ketones (excluding diaryl/α,β-unsaturated/α-hetero) is 1. The van der Waals surface area contributed by atoms with E-state index in [9.17, 15) is 9.18 Å². The van der Waals surface area contributed by atoms with Crippen LogP contribution in [0.2, 0.25) is 0 Å². The van der Waals surface area contributed by atoms with E-state index in [0.29, 0.717) is 17.9 Å². The zero-order valence-corrected chi connectivity index (χ0v) is 14.0. The Morgan fingerprint density at radius 1 is 1.41 bits per heavy atom. The number of carbonyl (C=O) groups excluding carboxylic acids is 1. The summed E-state index contributed by atoms with van der Waals surface area (Å²) in [6, 6.07) is 4.90. The quantitative estimate of drug-likeness (QED) is 0.771. The van der Waals surface area contributed by atoms with Crippen molar-refractivity contribution in [2.45, 2.75) is 53.4 Å². The fourth-order valence-electron chi connectivity index (χ4n) is 2.95. The van der Waals surface area contributed by atoms with Crippen LogP contribution in [0.3, 0.4) is 0 Å². The van der Waals surface area contributed by atoms with Crippen LogP contribution < -0.4 is 5.32 Å². The van der Waals surface area contributed by atoms with Crippen LogP contribution in [0.25, 0.3) is 0 Å². The summed E-state index contributed by atoms with van der Waals surface area (Å²) >= 11 is 0. The van der Waals surface area contributed by atoms with Crippen molar-refractivity contribution in [3.8, 4) is 0 Å². The lowest BCUT2D eigenvalue weighted by Crippen LogP contribution is -2.29. The van der Waals surface area contributed by atoms with Crippen molar-refractivity contribution in [2.75, 3.05) is 5.32 Å². The van der Waals surface area contributed by atoms with Crippen LogP contribution >= 0.6 is 0 Å². The van der Waals surface area contributed by atoms with E-state index in [4.69, 9.17) is 0 Å². The monoisotopic (exact) mass is 303 g/mol. The lowest BCUT2D eigenvalue weighted by atomic mass is 9.68. The van der Waals surface area contributed by atoms with E-state index in [1.807, 2.05) is 6.20 Å². The second kappa shape index (κ2) is 6.64. The highest BCUT2D eigenvalue weighted by Crippen LogP contribution is 2.41. The molecule has 1 saturated carbocycles. The number of ketones is 1. The first-order chi connectivity index (χ1) is 10.3. The molecule has 2 rings (SSSR count). The third-order valence-corrected chi connectivity index (χ3v) is 5.13. The Kier molecular flexibility index (Phi) is 5.05. The molecule has 1 aromatic rings. The van der Waals surface area contributed by atoms with Gasteiger partial charge in [0.2, 0.25) is 0 Å². The third kappa shape index (κ3) is 3.76. The van der Waals surface area contributed by atoms with Crippen molar-refractivity contribution < 1.29 is 9.18 Å². The highest BCUT2D eigenvalue weighted by Gasteiger charge is 2.33. The molecule has 0 saturated heterocycles. The van der Waals surface area contributed by atoms with Gasteiger partial charge in [0.15, 0.2) is 5.78 Å². The van der Waals surface area contributed by atoms with Gasteiger partial charge in [0.1, 0.15) is 5.82 Å². The first kappa shape index (κ1) is 16.7.